The molecule has 3 rings (SSSR count). The Morgan fingerprint density at radius 3 is 2.57 bits per heavy atom. The lowest BCUT2D eigenvalue weighted by Gasteiger charge is -2.07. The first-order chi connectivity index (χ1) is 11.0. The predicted octanol–water partition coefficient (Wildman–Crippen LogP) is 1.67. The minimum atomic E-state index is -0.515. The first-order valence-electron chi connectivity index (χ1n) is 7.15. The molecule has 8 heteroatoms. The van der Waals surface area contributed by atoms with Crippen LogP contribution in [0.3, 0.4) is 0 Å². The van der Waals surface area contributed by atoms with Crippen molar-refractivity contribution in [2.45, 2.75) is 25.3 Å². The van der Waals surface area contributed by atoms with Crippen molar-refractivity contribution in [1.29, 1.82) is 0 Å². The summed E-state index contributed by atoms with van der Waals surface area (Å²) in [7, 11) is 0. The van der Waals surface area contributed by atoms with E-state index in [2.05, 4.69) is 10.4 Å². The average Bonchev–Trinajstić information content (AvgIpc) is 3.35. The Morgan fingerprint density at radius 1 is 1.26 bits per heavy atom. The van der Waals surface area contributed by atoms with Crippen molar-refractivity contribution in [3.63, 3.8) is 0 Å². The number of hydrogen-bond donors (Lipinski definition) is 1. The molecule has 0 radical (unpaired) electrons. The van der Waals surface area contributed by atoms with Gasteiger partial charge < -0.3 is 5.32 Å². The number of carbonyl (C=O) groups is 1. The largest absolute Gasteiger partial charge is 0.324 e. The molecule has 1 N–H and O–H groups in total. The van der Waals surface area contributed by atoms with E-state index in [1.165, 1.54) is 30.3 Å². The monoisotopic (exact) mass is 314 g/mol. The van der Waals surface area contributed by atoms with Gasteiger partial charge in [0.05, 0.1) is 10.6 Å². The van der Waals surface area contributed by atoms with Crippen molar-refractivity contribution in [3.8, 4) is 0 Å². The smallest absolute Gasteiger partial charge is 0.269 e. The van der Waals surface area contributed by atoms with E-state index in [9.17, 15) is 19.7 Å². The quantitative estimate of drug-likeness (QED) is 0.667. The van der Waals surface area contributed by atoms with Crippen LogP contribution in [0, 0.1) is 10.1 Å². The fraction of sp³-hybridized carbons (Fsp3) is 0.267. The van der Waals surface area contributed by atoms with Crippen LogP contribution in [0.2, 0.25) is 0 Å². The van der Waals surface area contributed by atoms with Crippen LogP contribution in [-0.4, -0.2) is 20.6 Å². The normalized spacial score (nSPS) is 13.6. The Hall–Kier alpha value is -3.03. The Kier molecular flexibility index (Phi) is 3.88. The second-order valence-electron chi connectivity index (χ2n) is 5.38. The number of non-ortho nitro benzene ring substituents is 1. The summed E-state index contributed by atoms with van der Waals surface area (Å²) in [6.07, 6.45) is 2.11. The summed E-state index contributed by atoms with van der Waals surface area (Å²) in [5, 5.41) is 17.4. The Morgan fingerprint density at radius 2 is 1.96 bits per heavy atom. The molecule has 1 heterocycles. The van der Waals surface area contributed by atoms with Crippen molar-refractivity contribution in [3.05, 3.63) is 62.6 Å². The molecule has 1 fully saturated rings. The van der Waals surface area contributed by atoms with Crippen molar-refractivity contribution >= 4 is 17.3 Å². The number of carbonyl (C=O) groups excluding carboxylic acids is 1. The lowest BCUT2D eigenvalue weighted by molar-refractivity contribution is -0.384. The highest BCUT2D eigenvalue weighted by molar-refractivity contribution is 5.90. The second kappa shape index (κ2) is 5.99. The summed E-state index contributed by atoms with van der Waals surface area (Å²) >= 11 is 0. The molecule has 118 valence electrons. The van der Waals surface area contributed by atoms with Crippen LogP contribution < -0.4 is 10.9 Å². The highest BCUT2D eigenvalue weighted by Gasteiger charge is 2.25. The third-order valence-electron chi connectivity index (χ3n) is 3.54. The molecule has 0 bridgehead atoms. The zero-order valence-corrected chi connectivity index (χ0v) is 12.1. The van der Waals surface area contributed by atoms with Crippen molar-refractivity contribution in [1.82, 2.24) is 9.78 Å². The van der Waals surface area contributed by atoms with E-state index in [-0.39, 0.29) is 17.8 Å². The van der Waals surface area contributed by atoms with Gasteiger partial charge in [-0.3, -0.25) is 19.7 Å². The zero-order chi connectivity index (χ0) is 16.4. The number of benzene rings is 1. The van der Waals surface area contributed by atoms with E-state index in [0.29, 0.717) is 11.6 Å². The van der Waals surface area contributed by atoms with Gasteiger partial charge >= 0.3 is 0 Å². The zero-order valence-electron chi connectivity index (χ0n) is 12.1. The van der Waals surface area contributed by atoms with Crippen molar-refractivity contribution in [2.75, 3.05) is 5.32 Å². The summed E-state index contributed by atoms with van der Waals surface area (Å²) in [6, 6.07) is 8.59. The summed E-state index contributed by atoms with van der Waals surface area (Å²) in [5.41, 5.74) is 0.853. The molecule has 0 aliphatic heterocycles. The van der Waals surface area contributed by atoms with Gasteiger partial charge in [0, 0.05) is 29.8 Å². The van der Waals surface area contributed by atoms with Gasteiger partial charge in [-0.1, -0.05) is 0 Å². The molecule has 1 amide bonds. The molecule has 0 spiro atoms. The molecule has 2 aromatic rings. The summed E-state index contributed by atoms with van der Waals surface area (Å²) in [6.45, 7) is -0.198. The number of nitrogens with zero attached hydrogens (tertiary/aromatic N) is 3. The third-order valence-corrected chi connectivity index (χ3v) is 3.54. The van der Waals surface area contributed by atoms with Gasteiger partial charge in [-0.15, -0.1) is 0 Å². The molecule has 1 saturated carbocycles. The van der Waals surface area contributed by atoms with Crippen molar-refractivity contribution in [2.24, 2.45) is 0 Å². The standard InChI is InChI=1S/C15H14N4O4/c20-14(16-11-3-5-12(6-4-11)19(22)23)9-18-15(21)8-7-13(17-18)10-1-2-10/h3-8,10H,1-2,9H2,(H,16,20). The van der Waals surface area contributed by atoms with Crippen molar-refractivity contribution < 1.29 is 9.72 Å². The van der Waals surface area contributed by atoms with E-state index in [0.717, 1.165) is 23.2 Å². The Balaban J connectivity index is 1.68. The fourth-order valence-electron chi connectivity index (χ4n) is 2.18. The van der Waals surface area contributed by atoms with E-state index in [1.807, 2.05) is 0 Å². The number of aromatic nitrogens is 2. The summed E-state index contributed by atoms with van der Waals surface area (Å²) < 4.78 is 1.13. The highest BCUT2D eigenvalue weighted by Crippen LogP contribution is 2.38. The van der Waals surface area contributed by atoms with Gasteiger partial charge in [0.2, 0.25) is 5.91 Å². The van der Waals surface area contributed by atoms with Gasteiger partial charge in [-0.05, 0) is 31.0 Å². The molecule has 0 atom stereocenters. The van der Waals surface area contributed by atoms with Crippen LogP contribution in [0.25, 0.3) is 0 Å². The molecular formula is C15H14N4O4. The number of rotatable bonds is 5. The molecule has 0 saturated heterocycles. The van der Waals surface area contributed by atoms with Gasteiger partial charge in [0.15, 0.2) is 0 Å². The molecule has 1 aliphatic rings. The van der Waals surface area contributed by atoms with Gasteiger partial charge in [0.25, 0.3) is 11.2 Å². The van der Waals surface area contributed by atoms with Crippen LogP contribution in [0.4, 0.5) is 11.4 Å². The van der Waals surface area contributed by atoms with Gasteiger partial charge in [-0.25, -0.2) is 4.68 Å². The van der Waals surface area contributed by atoms with Crippen LogP contribution in [-0.2, 0) is 11.3 Å². The summed E-state index contributed by atoms with van der Waals surface area (Å²) in [4.78, 5) is 33.8. The molecule has 1 aromatic carbocycles. The highest BCUT2D eigenvalue weighted by atomic mass is 16.6. The van der Waals surface area contributed by atoms with Gasteiger partial charge in [0.1, 0.15) is 6.54 Å². The van der Waals surface area contributed by atoms with E-state index < -0.39 is 10.8 Å². The minimum absolute atomic E-state index is 0.0574. The number of nitro benzene ring substituents is 1. The SMILES string of the molecule is O=C(Cn1nc(C2CC2)ccc1=O)Nc1ccc([N+](=O)[O-])cc1. The van der Waals surface area contributed by atoms with Crippen LogP contribution in [0.5, 0.6) is 0 Å². The molecule has 0 unspecified atom stereocenters. The van der Waals surface area contributed by atoms with Crippen LogP contribution in [0.1, 0.15) is 24.5 Å². The van der Waals surface area contributed by atoms with Crippen LogP contribution >= 0.6 is 0 Å². The second-order valence-corrected chi connectivity index (χ2v) is 5.38. The van der Waals surface area contributed by atoms with E-state index in [4.69, 9.17) is 0 Å². The number of nitro groups is 1. The Bertz CT molecular complexity index is 809. The van der Waals surface area contributed by atoms with Gasteiger partial charge in [-0.2, -0.15) is 5.10 Å². The predicted molar refractivity (Wildman–Crippen MR) is 82.2 cm³/mol. The van der Waals surface area contributed by atoms with Crippen LogP contribution in [0.15, 0.2) is 41.2 Å². The lowest BCUT2D eigenvalue weighted by atomic mass is 10.3. The summed E-state index contributed by atoms with van der Waals surface area (Å²) in [5.74, 6) is -0.0269. The topological polar surface area (TPSA) is 107 Å². The third kappa shape index (κ3) is 3.60. The first kappa shape index (κ1) is 14.9. The maximum atomic E-state index is 12.0. The number of nitrogens with one attached hydrogen (secondary N) is 1. The van der Waals surface area contributed by atoms with E-state index >= 15 is 0 Å². The molecule has 1 aliphatic carbocycles. The Labute approximate surface area is 130 Å². The lowest BCUT2D eigenvalue weighted by Crippen LogP contribution is -2.29. The maximum Gasteiger partial charge on any atom is 0.269 e. The number of hydrogen-bond acceptors (Lipinski definition) is 5. The first-order valence-corrected chi connectivity index (χ1v) is 7.15. The molecular weight excluding hydrogens is 300 g/mol. The maximum absolute atomic E-state index is 12.0. The average molecular weight is 314 g/mol. The number of amides is 1. The minimum Gasteiger partial charge on any atom is -0.324 e. The van der Waals surface area contributed by atoms with E-state index in [1.54, 1.807) is 6.07 Å². The fourth-order valence-corrected chi connectivity index (χ4v) is 2.18. The number of anilines is 1. The molecule has 23 heavy (non-hydrogen) atoms. The molecule has 1 aromatic heterocycles. The molecule has 8 nitrogen and oxygen atoms in total.